The highest BCUT2D eigenvalue weighted by Gasteiger charge is 2.13. The van der Waals surface area contributed by atoms with Crippen LogP contribution in [0.2, 0.25) is 0 Å². The summed E-state index contributed by atoms with van der Waals surface area (Å²) in [6, 6.07) is 4.28. The van der Waals surface area contributed by atoms with Gasteiger partial charge in [0.1, 0.15) is 11.6 Å². The van der Waals surface area contributed by atoms with Crippen molar-refractivity contribution in [2.24, 2.45) is 11.7 Å². The number of carbonyl (C=O) groups is 1. The van der Waals surface area contributed by atoms with Crippen molar-refractivity contribution in [3.05, 3.63) is 29.3 Å². The van der Waals surface area contributed by atoms with Crippen LogP contribution in [0.4, 0.5) is 8.78 Å². The van der Waals surface area contributed by atoms with Crippen molar-refractivity contribution >= 4 is 24.1 Å². The van der Waals surface area contributed by atoms with Crippen molar-refractivity contribution < 1.29 is 18.3 Å². The Hall–Kier alpha value is -1.89. The molecule has 0 unspecified atom stereocenters. The number of hydrogen-bond acceptors (Lipinski definition) is 3. The van der Waals surface area contributed by atoms with Gasteiger partial charge in [0.25, 0.3) is 0 Å². The maximum atomic E-state index is 12.2. The van der Waals surface area contributed by atoms with Gasteiger partial charge in [-0.2, -0.15) is 8.78 Å². The van der Waals surface area contributed by atoms with Gasteiger partial charge in [-0.25, -0.2) is 0 Å². The van der Waals surface area contributed by atoms with E-state index in [-0.39, 0.29) is 47.9 Å². The Kier molecular flexibility index (Phi) is 7.65. The molecule has 1 rings (SSSR count). The highest BCUT2D eigenvalue weighted by molar-refractivity contribution is 5.97. The molecule has 0 saturated carbocycles. The van der Waals surface area contributed by atoms with E-state index in [0.29, 0.717) is 5.56 Å². The third-order valence-corrected chi connectivity index (χ3v) is 2.54. The molecule has 21 heavy (non-hydrogen) atoms. The zero-order valence-corrected chi connectivity index (χ0v) is 12.5. The molecule has 0 bridgehead atoms. The van der Waals surface area contributed by atoms with E-state index in [2.05, 4.69) is 10.1 Å². The molecule has 0 atom stereocenters. The Balaban J connectivity index is 0.00000400. The van der Waals surface area contributed by atoms with Crippen LogP contribution >= 0.6 is 12.4 Å². The number of carbonyl (C=O) groups excluding carboxylic acids is 1. The van der Waals surface area contributed by atoms with Gasteiger partial charge in [-0.05, 0) is 17.7 Å². The van der Waals surface area contributed by atoms with E-state index in [0.717, 1.165) is 0 Å². The van der Waals surface area contributed by atoms with Gasteiger partial charge in [0.05, 0.1) is 5.56 Å². The normalized spacial score (nSPS) is 10.2. The second-order valence-electron chi connectivity index (χ2n) is 4.50. The maximum Gasteiger partial charge on any atom is 0.387 e. The first-order valence-corrected chi connectivity index (χ1v) is 6.01. The molecule has 0 saturated heterocycles. The van der Waals surface area contributed by atoms with Gasteiger partial charge in [0, 0.05) is 12.5 Å². The Labute approximate surface area is 127 Å². The first-order chi connectivity index (χ1) is 9.31. The van der Waals surface area contributed by atoms with Crippen LogP contribution < -0.4 is 15.8 Å². The summed E-state index contributed by atoms with van der Waals surface area (Å²) in [4.78, 5) is 11.4. The van der Waals surface area contributed by atoms with Crippen LogP contribution in [0.15, 0.2) is 18.2 Å². The second-order valence-corrected chi connectivity index (χ2v) is 4.50. The standard InChI is InChI=1S/C13H17F2N3O2.ClH/c1-7(2)12(19)18-6-8-3-4-10(20-13(14)15)9(5-8)11(16)17;/h3-5,7,13H,6H2,1-2H3,(H3,16,17)(H,18,19);1H. The van der Waals surface area contributed by atoms with E-state index in [4.69, 9.17) is 11.1 Å². The van der Waals surface area contributed by atoms with Crippen molar-refractivity contribution in [3.8, 4) is 5.75 Å². The van der Waals surface area contributed by atoms with E-state index in [1.54, 1.807) is 13.8 Å². The summed E-state index contributed by atoms with van der Waals surface area (Å²) < 4.78 is 28.7. The Bertz CT molecular complexity index is 510. The van der Waals surface area contributed by atoms with Crippen LogP contribution in [-0.4, -0.2) is 18.4 Å². The number of rotatable bonds is 6. The molecule has 0 heterocycles. The number of nitrogen functional groups attached to an aromatic ring is 1. The van der Waals surface area contributed by atoms with Crippen LogP contribution in [-0.2, 0) is 11.3 Å². The Morgan fingerprint density at radius 2 is 2.05 bits per heavy atom. The minimum Gasteiger partial charge on any atom is -0.434 e. The van der Waals surface area contributed by atoms with Crippen molar-refractivity contribution in [3.63, 3.8) is 0 Å². The molecule has 118 valence electrons. The van der Waals surface area contributed by atoms with Crippen molar-refractivity contribution in [1.82, 2.24) is 5.32 Å². The van der Waals surface area contributed by atoms with Crippen LogP contribution in [0.1, 0.15) is 25.0 Å². The fourth-order valence-electron chi connectivity index (χ4n) is 1.49. The number of ether oxygens (including phenoxy) is 1. The van der Waals surface area contributed by atoms with E-state index >= 15 is 0 Å². The number of halogens is 3. The summed E-state index contributed by atoms with van der Waals surface area (Å²) in [6.07, 6.45) is 0. The monoisotopic (exact) mass is 321 g/mol. The average Bonchev–Trinajstić information content (AvgIpc) is 2.35. The molecule has 5 nitrogen and oxygen atoms in total. The second kappa shape index (κ2) is 8.41. The lowest BCUT2D eigenvalue weighted by Crippen LogP contribution is -2.27. The maximum absolute atomic E-state index is 12.2. The molecule has 4 N–H and O–H groups in total. The molecule has 0 aliphatic heterocycles. The molecular formula is C13H18ClF2N3O2. The van der Waals surface area contributed by atoms with Crippen molar-refractivity contribution in [2.45, 2.75) is 27.0 Å². The molecule has 1 aromatic carbocycles. The zero-order chi connectivity index (χ0) is 15.3. The molecule has 0 fully saturated rings. The molecule has 1 amide bonds. The number of nitrogens with one attached hydrogen (secondary N) is 2. The molecular weight excluding hydrogens is 304 g/mol. The van der Waals surface area contributed by atoms with Crippen LogP contribution in [0, 0.1) is 11.3 Å². The van der Waals surface area contributed by atoms with E-state index in [1.165, 1.54) is 18.2 Å². The molecule has 8 heteroatoms. The highest BCUT2D eigenvalue weighted by atomic mass is 35.5. The van der Waals surface area contributed by atoms with Gasteiger partial charge >= 0.3 is 6.61 Å². The fourth-order valence-corrected chi connectivity index (χ4v) is 1.49. The summed E-state index contributed by atoms with van der Waals surface area (Å²) >= 11 is 0. The SMILES string of the molecule is CC(C)C(=O)NCc1ccc(OC(F)F)c(C(=N)N)c1.Cl. The number of amides is 1. The average molecular weight is 322 g/mol. The van der Waals surface area contributed by atoms with Gasteiger partial charge in [-0.3, -0.25) is 10.2 Å². The summed E-state index contributed by atoms with van der Waals surface area (Å²) in [5, 5.41) is 10.1. The third-order valence-electron chi connectivity index (χ3n) is 2.54. The summed E-state index contributed by atoms with van der Waals surface area (Å²) in [5.74, 6) is -0.810. The smallest absolute Gasteiger partial charge is 0.387 e. The number of amidine groups is 1. The lowest BCUT2D eigenvalue weighted by Gasteiger charge is -2.12. The first-order valence-electron chi connectivity index (χ1n) is 6.01. The third kappa shape index (κ3) is 5.95. The van der Waals surface area contributed by atoms with Gasteiger partial charge < -0.3 is 15.8 Å². The molecule has 0 aromatic heterocycles. The Morgan fingerprint density at radius 3 is 2.52 bits per heavy atom. The lowest BCUT2D eigenvalue weighted by atomic mass is 10.1. The minimum atomic E-state index is -2.99. The minimum absolute atomic E-state index is 0. The van der Waals surface area contributed by atoms with E-state index in [1.807, 2.05) is 0 Å². The van der Waals surface area contributed by atoms with Crippen LogP contribution in [0.5, 0.6) is 5.75 Å². The number of nitrogens with two attached hydrogens (primary N) is 1. The molecule has 0 aliphatic carbocycles. The topological polar surface area (TPSA) is 88.2 Å². The zero-order valence-electron chi connectivity index (χ0n) is 11.7. The summed E-state index contributed by atoms with van der Waals surface area (Å²) in [6.45, 7) is 0.762. The molecule has 1 aromatic rings. The molecule has 0 spiro atoms. The predicted molar refractivity (Wildman–Crippen MR) is 78.0 cm³/mol. The Morgan fingerprint density at radius 1 is 1.43 bits per heavy atom. The number of benzene rings is 1. The first kappa shape index (κ1) is 19.1. The van der Waals surface area contributed by atoms with Gasteiger partial charge in [-0.1, -0.05) is 19.9 Å². The highest BCUT2D eigenvalue weighted by Crippen LogP contribution is 2.21. The largest absolute Gasteiger partial charge is 0.434 e. The predicted octanol–water partition coefficient (Wildman–Crippen LogP) is 2.27. The van der Waals surface area contributed by atoms with Crippen molar-refractivity contribution in [2.75, 3.05) is 0 Å². The van der Waals surface area contributed by atoms with Crippen molar-refractivity contribution in [1.29, 1.82) is 5.41 Å². The number of hydrogen-bond donors (Lipinski definition) is 3. The van der Waals surface area contributed by atoms with Gasteiger partial charge in [0.2, 0.25) is 5.91 Å². The summed E-state index contributed by atoms with van der Waals surface area (Å²) in [7, 11) is 0. The van der Waals surface area contributed by atoms with Gasteiger partial charge in [-0.15, -0.1) is 12.4 Å². The quantitative estimate of drug-likeness (QED) is 0.554. The summed E-state index contributed by atoms with van der Waals surface area (Å²) in [5.41, 5.74) is 6.05. The molecule has 0 aliphatic rings. The van der Waals surface area contributed by atoms with Crippen LogP contribution in [0.3, 0.4) is 0 Å². The lowest BCUT2D eigenvalue weighted by molar-refractivity contribution is -0.124. The van der Waals surface area contributed by atoms with Crippen LogP contribution in [0.25, 0.3) is 0 Å². The molecule has 0 radical (unpaired) electrons. The fraction of sp³-hybridized carbons (Fsp3) is 0.385. The van der Waals surface area contributed by atoms with Gasteiger partial charge in [0.15, 0.2) is 0 Å². The van der Waals surface area contributed by atoms with E-state index in [9.17, 15) is 13.6 Å². The van der Waals surface area contributed by atoms with E-state index < -0.39 is 6.61 Å². The number of alkyl halides is 2.